The van der Waals surface area contributed by atoms with Gasteiger partial charge in [-0.15, -0.1) is 0 Å². The van der Waals surface area contributed by atoms with Crippen molar-refractivity contribution in [1.82, 2.24) is 15.2 Å². The van der Waals surface area contributed by atoms with Crippen molar-refractivity contribution in [1.29, 1.82) is 0 Å². The maximum Gasteiger partial charge on any atom is 0.342 e. The molecule has 1 aromatic rings. The lowest BCUT2D eigenvalue weighted by molar-refractivity contribution is 0.654. The Bertz CT molecular complexity index is 400. The van der Waals surface area contributed by atoms with Gasteiger partial charge in [0.1, 0.15) is 5.69 Å². The van der Waals surface area contributed by atoms with E-state index in [0.29, 0.717) is 5.69 Å². The second-order valence-electron chi connectivity index (χ2n) is 3.37. The third-order valence-corrected chi connectivity index (χ3v) is 2.48. The predicted molar refractivity (Wildman–Crippen MR) is 46.7 cm³/mol. The molecule has 0 aromatic carbocycles. The van der Waals surface area contributed by atoms with Crippen LogP contribution in [0, 0.1) is 0 Å². The van der Waals surface area contributed by atoms with Gasteiger partial charge >= 0.3 is 5.69 Å². The second-order valence-corrected chi connectivity index (χ2v) is 3.37. The summed E-state index contributed by atoms with van der Waals surface area (Å²) in [6, 6.07) is 0. The first-order valence-corrected chi connectivity index (χ1v) is 4.46. The first-order valence-electron chi connectivity index (χ1n) is 4.46. The van der Waals surface area contributed by atoms with Gasteiger partial charge in [-0.3, -0.25) is 9.78 Å². The molecule has 2 rings (SSSR count). The first kappa shape index (κ1) is 8.22. The maximum atomic E-state index is 11.3. The van der Waals surface area contributed by atoms with E-state index >= 15 is 0 Å². The lowest BCUT2D eigenvalue weighted by Crippen LogP contribution is -2.28. The van der Waals surface area contributed by atoms with E-state index in [4.69, 9.17) is 0 Å². The molecule has 1 heterocycles. The van der Waals surface area contributed by atoms with Gasteiger partial charge < -0.3 is 0 Å². The molecule has 1 aliphatic rings. The van der Waals surface area contributed by atoms with Crippen molar-refractivity contribution in [2.75, 3.05) is 0 Å². The summed E-state index contributed by atoms with van der Waals surface area (Å²) in [5.41, 5.74) is -0.389. The van der Waals surface area contributed by atoms with Crippen LogP contribution < -0.4 is 11.2 Å². The highest BCUT2D eigenvalue weighted by Gasteiger charge is 2.21. The molecule has 1 saturated carbocycles. The molecule has 2 N–H and O–H groups in total. The molecule has 1 aliphatic carbocycles. The van der Waals surface area contributed by atoms with Crippen molar-refractivity contribution in [3.8, 4) is 0 Å². The Hall–Kier alpha value is -1.39. The third kappa shape index (κ3) is 1.54. The molecule has 70 valence electrons. The average molecular weight is 181 g/mol. The third-order valence-electron chi connectivity index (χ3n) is 2.48. The topological polar surface area (TPSA) is 78.6 Å². The zero-order valence-corrected chi connectivity index (χ0v) is 7.17. The number of rotatable bonds is 1. The average Bonchev–Trinajstić information content (AvgIpc) is 2.56. The zero-order valence-electron chi connectivity index (χ0n) is 7.17. The van der Waals surface area contributed by atoms with Gasteiger partial charge in [0.2, 0.25) is 0 Å². The van der Waals surface area contributed by atoms with E-state index in [9.17, 15) is 9.59 Å². The van der Waals surface area contributed by atoms with E-state index in [2.05, 4.69) is 15.2 Å². The molecule has 0 amide bonds. The van der Waals surface area contributed by atoms with Gasteiger partial charge in [-0.05, 0) is 12.8 Å². The number of hydrogen-bond acceptors (Lipinski definition) is 3. The molecule has 0 unspecified atom stereocenters. The smallest absolute Gasteiger partial charge is 0.271 e. The number of nitrogens with zero attached hydrogens (tertiary/aromatic N) is 1. The number of nitrogens with one attached hydrogen (secondary N) is 2. The quantitative estimate of drug-likeness (QED) is 0.645. The number of hydrogen-bond donors (Lipinski definition) is 2. The summed E-state index contributed by atoms with van der Waals surface area (Å²) in [7, 11) is 0. The number of aromatic amines is 2. The van der Waals surface area contributed by atoms with Crippen LogP contribution >= 0.6 is 0 Å². The standard InChI is InChI=1S/C8H11N3O2/c12-7-6(5-3-1-2-4-5)10-11-8(13)9-7/h5H,1-4H2,(H2,9,11,12,13). The Morgan fingerprint density at radius 1 is 1.23 bits per heavy atom. The molecule has 0 bridgehead atoms. The molecule has 5 heteroatoms. The predicted octanol–water partition coefficient (Wildman–Crippen LogP) is 0.116. The van der Waals surface area contributed by atoms with E-state index in [0.717, 1.165) is 25.7 Å². The van der Waals surface area contributed by atoms with E-state index < -0.39 is 5.69 Å². The largest absolute Gasteiger partial charge is 0.342 e. The Kier molecular flexibility index (Phi) is 2.00. The summed E-state index contributed by atoms with van der Waals surface area (Å²) in [5.74, 6) is 0.237. The molecular formula is C8H11N3O2. The van der Waals surface area contributed by atoms with Crippen LogP contribution in [0.15, 0.2) is 9.59 Å². The van der Waals surface area contributed by atoms with Crippen LogP contribution in [0.3, 0.4) is 0 Å². The molecule has 13 heavy (non-hydrogen) atoms. The number of H-pyrrole nitrogens is 2. The van der Waals surface area contributed by atoms with Crippen LogP contribution in [0.5, 0.6) is 0 Å². The maximum absolute atomic E-state index is 11.3. The van der Waals surface area contributed by atoms with Gasteiger partial charge in [0, 0.05) is 5.92 Å². The molecule has 0 aliphatic heterocycles. The van der Waals surface area contributed by atoms with Crippen molar-refractivity contribution < 1.29 is 0 Å². The summed E-state index contributed by atoms with van der Waals surface area (Å²) in [6.07, 6.45) is 4.29. The second kappa shape index (κ2) is 3.16. The molecule has 0 radical (unpaired) electrons. The Labute approximate surface area is 74.2 Å². The monoisotopic (exact) mass is 181 g/mol. The zero-order chi connectivity index (χ0) is 9.26. The minimum Gasteiger partial charge on any atom is -0.271 e. The lowest BCUT2D eigenvalue weighted by Gasteiger charge is -2.04. The Balaban J connectivity index is 2.40. The summed E-state index contributed by atoms with van der Waals surface area (Å²) >= 11 is 0. The summed E-state index contributed by atoms with van der Waals surface area (Å²) in [5, 5.41) is 6.04. The van der Waals surface area contributed by atoms with Gasteiger partial charge in [0.15, 0.2) is 0 Å². The van der Waals surface area contributed by atoms with Crippen LogP contribution in [-0.4, -0.2) is 15.2 Å². The van der Waals surface area contributed by atoms with Crippen LogP contribution in [0.4, 0.5) is 0 Å². The minimum absolute atomic E-state index is 0.237. The molecule has 1 aromatic heterocycles. The molecule has 0 spiro atoms. The summed E-state index contributed by atoms with van der Waals surface area (Å²) in [4.78, 5) is 24.2. The highest BCUT2D eigenvalue weighted by Crippen LogP contribution is 2.30. The molecular weight excluding hydrogens is 170 g/mol. The van der Waals surface area contributed by atoms with Crippen LogP contribution in [0.1, 0.15) is 37.3 Å². The van der Waals surface area contributed by atoms with Crippen LogP contribution in [0.2, 0.25) is 0 Å². The SMILES string of the molecule is O=c1[nH]nc(C2CCCC2)c(=O)[nH]1. The molecule has 0 atom stereocenters. The fourth-order valence-electron chi connectivity index (χ4n) is 1.83. The minimum atomic E-state index is -0.535. The van der Waals surface area contributed by atoms with Crippen molar-refractivity contribution in [2.24, 2.45) is 0 Å². The van der Waals surface area contributed by atoms with Crippen LogP contribution in [-0.2, 0) is 0 Å². The van der Waals surface area contributed by atoms with Gasteiger partial charge in [-0.1, -0.05) is 12.8 Å². The van der Waals surface area contributed by atoms with Crippen LogP contribution in [0.25, 0.3) is 0 Å². The number of aromatic nitrogens is 3. The van der Waals surface area contributed by atoms with Gasteiger partial charge in [0.05, 0.1) is 0 Å². The lowest BCUT2D eigenvalue weighted by atomic mass is 10.1. The molecule has 5 nitrogen and oxygen atoms in total. The van der Waals surface area contributed by atoms with E-state index in [-0.39, 0.29) is 11.5 Å². The molecule has 1 fully saturated rings. The van der Waals surface area contributed by atoms with E-state index in [1.807, 2.05) is 0 Å². The first-order chi connectivity index (χ1) is 6.27. The summed E-state index contributed by atoms with van der Waals surface area (Å²) < 4.78 is 0. The highest BCUT2D eigenvalue weighted by atomic mass is 16.2. The highest BCUT2D eigenvalue weighted by molar-refractivity contribution is 5.03. The van der Waals surface area contributed by atoms with Gasteiger partial charge in [-0.25, -0.2) is 9.89 Å². The van der Waals surface area contributed by atoms with Crippen molar-refractivity contribution in [3.63, 3.8) is 0 Å². The van der Waals surface area contributed by atoms with Crippen molar-refractivity contribution in [2.45, 2.75) is 31.6 Å². The Morgan fingerprint density at radius 2 is 1.92 bits per heavy atom. The van der Waals surface area contributed by atoms with Gasteiger partial charge in [-0.2, -0.15) is 5.10 Å². The van der Waals surface area contributed by atoms with E-state index in [1.54, 1.807) is 0 Å². The normalized spacial score (nSPS) is 17.8. The fraction of sp³-hybridized carbons (Fsp3) is 0.625. The van der Waals surface area contributed by atoms with Crippen molar-refractivity contribution >= 4 is 0 Å². The Morgan fingerprint density at radius 3 is 2.54 bits per heavy atom. The van der Waals surface area contributed by atoms with Gasteiger partial charge in [0.25, 0.3) is 5.56 Å². The molecule has 0 saturated heterocycles. The summed E-state index contributed by atoms with van der Waals surface area (Å²) in [6.45, 7) is 0. The fourth-order valence-corrected chi connectivity index (χ4v) is 1.83. The van der Waals surface area contributed by atoms with E-state index in [1.165, 1.54) is 0 Å². The van der Waals surface area contributed by atoms with Crippen molar-refractivity contribution in [3.05, 3.63) is 26.5 Å².